The van der Waals surface area contributed by atoms with Crippen molar-refractivity contribution in [1.29, 1.82) is 0 Å². The van der Waals surface area contributed by atoms with Gasteiger partial charge in [-0.2, -0.15) is 26.3 Å². The predicted molar refractivity (Wildman–Crippen MR) is 96.1 cm³/mol. The molecule has 2 aromatic carbocycles. The van der Waals surface area contributed by atoms with Gasteiger partial charge in [0, 0.05) is 0 Å². The molecule has 0 saturated carbocycles. The standard InChI is InChI=1S/C18H16F6O.C2H2O4/c1-12(10-13-6-3-2-4-7-13)25-11-14-8-5-9-15(17(19,20)21)16(14)18(22,23)24;3-1(4)2(5)6/h2-9,12H,10-11H2,1H3;(H,3,4)(H,5,6). The summed E-state index contributed by atoms with van der Waals surface area (Å²) < 4.78 is 83.5. The maximum absolute atomic E-state index is 13.2. The van der Waals surface area contributed by atoms with Crippen molar-refractivity contribution in [2.24, 2.45) is 0 Å². The fraction of sp³-hybridized carbons (Fsp3) is 0.300. The molecule has 31 heavy (non-hydrogen) atoms. The molecule has 2 rings (SSSR count). The van der Waals surface area contributed by atoms with E-state index >= 15 is 0 Å². The highest BCUT2D eigenvalue weighted by Gasteiger charge is 2.44. The topological polar surface area (TPSA) is 83.8 Å². The van der Waals surface area contributed by atoms with E-state index in [2.05, 4.69) is 0 Å². The van der Waals surface area contributed by atoms with Gasteiger partial charge in [0.05, 0.1) is 23.8 Å². The van der Waals surface area contributed by atoms with Gasteiger partial charge in [-0.15, -0.1) is 0 Å². The zero-order valence-corrected chi connectivity index (χ0v) is 16.0. The molecule has 11 heteroatoms. The molecule has 0 saturated heterocycles. The minimum atomic E-state index is -5.12. The number of carboxylic acid groups (broad SMARTS) is 2. The first-order valence-corrected chi connectivity index (χ1v) is 8.61. The molecule has 0 bridgehead atoms. The summed E-state index contributed by atoms with van der Waals surface area (Å²) in [6.45, 7) is 1.11. The molecule has 0 aliphatic rings. The van der Waals surface area contributed by atoms with Crippen molar-refractivity contribution in [3.05, 3.63) is 70.8 Å². The molecule has 5 nitrogen and oxygen atoms in total. The number of aliphatic carboxylic acids is 2. The lowest BCUT2D eigenvalue weighted by Gasteiger charge is -2.20. The van der Waals surface area contributed by atoms with E-state index in [1.54, 1.807) is 6.92 Å². The van der Waals surface area contributed by atoms with E-state index in [1.165, 1.54) is 0 Å². The Morgan fingerprint density at radius 3 is 1.87 bits per heavy atom. The predicted octanol–water partition coefficient (Wildman–Crippen LogP) is 5.03. The van der Waals surface area contributed by atoms with Gasteiger partial charge in [0.15, 0.2) is 0 Å². The van der Waals surface area contributed by atoms with Crippen LogP contribution in [0.3, 0.4) is 0 Å². The number of benzene rings is 2. The molecular formula is C20H18F6O5. The van der Waals surface area contributed by atoms with E-state index in [0.29, 0.717) is 12.5 Å². The molecule has 0 aromatic heterocycles. The second kappa shape index (κ2) is 10.8. The average molecular weight is 452 g/mol. The van der Waals surface area contributed by atoms with Crippen molar-refractivity contribution >= 4 is 11.9 Å². The van der Waals surface area contributed by atoms with Crippen molar-refractivity contribution < 1.29 is 50.9 Å². The summed E-state index contributed by atoms with van der Waals surface area (Å²) in [6, 6.07) is 11.5. The Balaban J connectivity index is 0.000000703. The van der Waals surface area contributed by atoms with E-state index in [0.717, 1.165) is 17.7 Å². The molecule has 0 fully saturated rings. The number of carboxylic acids is 2. The second-order valence-corrected chi connectivity index (χ2v) is 6.26. The molecule has 0 spiro atoms. The smallest absolute Gasteiger partial charge is 0.417 e. The van der Waals surface area contributed by atoms with Crippen LogP contribution in [0.15, 0.2) is 48.5 Å². The van der Waals surface area contributed by atoms with Crippen LogP contribution < -0.4 is 0 Å². The molecule has 0 aliphatic heterocycles. The first-order chi connectivity index (χ1) is 14.2. The molecule has 2 aromatic rings. The number of hydrogen-bond acceptors (Lipinski definition) is 3. The van der Waals surface area contributed by atoms with Crippen LogP contribution in [0.1, 0.15) is 29.2 Å². The number of ether oxygens (including phenoxy) is 1. The van der Waals surface area contributed by atoms with Crippen LogP contribution in [0.25, 0.3) is 0 Å². The van der Waals surface area contributed by atoms with Gasteiger partial charge in [-0.1, -0.05) is 42.5 Å². The maximum atomic E-state index is 13.2. The normalized spacial score (nSPS) is 12.5. The highest BCUT2D eigenvalue weighted by Crippen LogP contribution is 2.42. The minimum Gasteiger partial charge on any atom is -0.473 e. The van der Waals surface area contributed by atoms with Gasteiger partial charge >= 0.3 is 24.3 Å². The molecule has 0 heterocycles. The highest BCUT2D eigenvalue weighted by molar-refractivity contribution is 6.27. The van der Waals surface area contributed by atoms with E-state index < -0.39 is 53.7 Å². The number of hydrogen-bond donors (Lipinski definition) is 2. The summed E-state index contributed by atoms with van der Waals surface area (Å²) in [5.41, 5.74) is -2.98. The van der Waals surface area contributed by atoms with Crippen molar-refractivity contribution in [1.82, 2.24) is 0 Å². The van der Waals surface area contributed by atoms with E-state index in [9.17, 15) is 26.3 Å². The van der Waals surface area contributed by atoms with Crippen LogP contribution in [-0.2, 0) is 39.7 Å². The summed E-state index contributed by atoms with van der Waals surface area (Å²) in [4.78, 5) is 18.2. The molecular weight excluding hydrogens is 434 g/mol. The van der Waals surface area contributed by atoms with Crippen molar-refractivity contribution in [2.75, 3.05) is 0 Å². The molecule has 1 atom stereocenters. The Labute approximate surface area is 172 Å². The lowest BCUT2D eigenvalue weighted by Crippen LogP contribution is -2.20. The monoisotopic (exact) mass is 452 g/mol. The van der Waals surface area contributed by atoms with Crippen LogP contribution in [0.5, 0.6) is 0 Å². The fourth-order valence-electron chi connectivity index (χ4n) is 2.53. The second-order valence-electron chi connectivity index (χ2n) is 6.26. The largest absolute Gasteiger partial charge is 0.473 e. The summed E-state index contributed by atoms with van der Waals surface area (Å²) >= 11 is 0. The Morgan fingerprint density at radius 1 is 0.871 bits per heavy atom. The number of rotatable bonds is 5. The van der Waals surface area contributed by atoms with Crippen molar-refractivity contribution in [3.63, 3.8) is 0 Å². The third-order valence-corrected chi connectivity index (χ3v) is 3.81. The first-order valence-electron chi connectivity index (χ1n) is 8.61. The van der Waals surface area contributed by atoms with Crippen LogP contribution in [-0.4, -0.2) is 28.3 Å². The third-order valence-electron chi connectivity index (χ3n) is 3.81. The lowest BCUT2D eigenvalue weighted by atomic mass is 10.00. The van der Waals surface area contributed by atoms with E-state index in [4.69, 9.17) is 24.5 Å². The molecule has 1 unspecified atom stereocenters. The van der Waals surface area contributed by atoms with Crippen molar-refractivity contribution in [2.45, 2.75) is 38.4 Å². The number of carbonyl (C=O) groups is 2. The van der Waals surface area contributed by atoms with Crippen LogP contribution in [0.4, 0.5) is 26.3 Å². The molecule has 0 amide bonds. The van der Waals surface area contributed by atoms with Gasteiger partial charge in [0.1, 0.15) is 0 Å². The maximum Gasteiger partial charge on any atom is 0.417 e. The highest BCUT2D eigenvalue weighted by atomic mass is 19.4. The Bertz CT molecular complexity index is 866. The summed E-state index contributed by atoms with van der Waals surface area (Å²) in [6.07, 6.45) is -10.2. The number of alkyl halides is 6. The zero-order valence-electron chi connectivity index (χ0n) is 16.0. The third kappa shape index (κ3) is 8.67. The zero-order chi connectivity index (χ0) is 23.8. The quantitative estimate of drug-likeness (QED) is 0.491. The molecule has 0 aliphatic carbocycles. The molecule has 2 N–H and O–H groups in total. The van der Waals surface area contributed by atoms with E-state index in [-0.39, 0.29) is 0 Å². The van der Waals surface area contributed by atoms with Crippen LogP contribution in [0, 0.1) is 0 Å². The van der Waals surface area contributed by atoms with Gasteiger partial charge in [-0.05, 0) is 30.5 Å². The van der Waals surface area contributed by atoms with Crippen LogP contribution >= 0.6 is 0 Å². The Morgan fingerprint density at radius 2 is 1.42 bits per heavy atom. The summed E-state index contributed by atoms with van der Waals surface area (Å²) in [7, 11) is 0. The van der Waals surface area contributed by atoms with Gasteiger partial charge in [-0.25, -0.2) is 9.59 Å². The SMILES string of the molecule is CC(Cc1ccccc1)OCc1cccc(C(F)(F)F)c1C(F)(F)F.O=C(O)C(=O)O. The number of halogens is 6. The fourth-order valence-corrected chi connectivity index (χ4v) is 2.53. The van der Waals surface area contributed by atoms with Gasteiger partial charge in [0.2, 0.25) is 0 Å². The average Bonchev–Trinajstić information content (AvgIpc) is 2.66. The van der Waals surface area contributed by atoms with Crippen molar-refractivity contribution in [3.8, 4) is 0 Å². The summed E-state index contributed by atoms with van der Waals surface area (Å²) in [5.74, 6) is -3.65. The minimum absolute atomic E-state index is 0.430. The molecule has 0 radical (unpaired) electrons. The molecule has 170 valence electrons. The van der Waals surface area contributed by atoms with E-state index in [1.807, 2.05) is 30.3 Å². The van der Waals surface area contributed by atoms with Gasteiger partial charge in [0.25, 0.3) is 0 Å². The Hall–Kier alpha value is -3.08. The Kier molecular flexibility index (Phi) is 9.04. The summed E-state index contributed by atoms with van der Waals surface area (Å²) in [5, 5.41) is 14.8. The van der Waals surface area contributed by atoms with Gasteiger partial charge in [-0.3, -0.25) is 0 Å². The lowest BCUT2D eigenvalue weighted by molar-refractivity contribution is -0.163. The van der Waals surface area contributed by atoms with Crippen LogP contribution in [0.2, 0.25) is 0 Å². The van der Waals surface area contributed by atoms with Gasteiger partial charge < -0.3 is 14.9 Å². The first kappa shape index (κ1) is 26.0.